The molecular weight excluding hydrogens is 574 g/mol. The number of benzene rings is 4. The smallest absolute Gasteiger partial charge is 0.343 e. The third-order valence-electron chi connectivity index (χ3n) is 6.30. The lowest BCUT2D eigenvalue weighted by Crippen LogP contribution is -2.10. The van der Waals surface area contributed by atoms with Crippen LogP contribution in [0.2, 0.25) is 0 Å². The molecule has 0 saturated heterocycles. The topological polar surface area (TPSA) is 116 Å². The molecule has 10 heteroatoms. The van der Waals surface area contributed by atoms with Gasteiger partial charge in [0, 0.05) is 25.9 Å². The van der Waals surface area contributed by atoms with Crippen LogP contribution in [0, 0.1) is 0 Å². The summed E-state index contributed by atoms with van der Waals surface area (Å²) < 4.78 is 21.4. The molecule has 0 heterocycles. The van der Waals surface area contributed by atoms with Crippen molar-refractivity contribution >= 4 is 35.0 Å². The Morgan fingerprint density at radius 2 is 1.09 bits per heavy atom. The molecule has 4 aromatic carbocycles. The summed E-state index contributed by atoms with van der Waals surface area (Å²) in [6.07, 6.45) is 2.49. The van der Waals surface area contributed by atoms with E-state index in [0.717, 1.165) is 17.5 Å². The number of esters is 3. The highest BCUT2D eigenvalue weighted by molar-refractivity contribution is 5.92. The molecule has 0 saturated carbocycles. The summed E-state index contributed by atoms with van der Waals surface area (Å²) in [5, 5.41) is 8.46. The average molecular weight is 608 g/mol. The first-order chi connectivity index (χ1) is 21.8. The van der Waals surface area contributed by atoms with Crippen LogP contribution in [0.3, 0.4) is 0 Å². The lowest BCUT2D eigenvalue weighted by molar-refractivity contribution is -0.137. The highest BCUT2D eigenvalue weighted by Gasteiger charge is 2.12. The molecule has 0 N–H and O–H groups in total. The Morgan fingerprint density at radius 3 is 1.58 bits per heavy atom. The van der Waals surface area contributed by atoms with Crippen molar-refractivity contribution in [1.82, 2.24) is 0 Å². The summed E-state index contributed by atoms with van der Waals surface area (Å²) >= 11 is 0. The van der Waals surface area contributed by atoms with Gasteiger partial charge in [0.15, 0.2) is 0 Å². The van der Waals surface area contributed by atoms with E-state index in [2.05, 4.69) is 16.8 Å². The zero-order chi connectivity index (χ0) is 32.0. The second kappa shape index (κ2) is 16.2. The van der Waals surface area contributed by atoms with Gasteiger partial charge in [0.25, 0.3) is 0 Å². The van der Waals surface area contributed by atoms with Crippen LogP contribution < -0.4 is 19.1 Å². The number of hydrogen-bond acceptors (Lipinski definition) is 10. The molecular formula is C35H33N3O7. The zero-order valence-corrected chi connectivity index (χ0v) is 25.0. The molecule has 4 rings (SSSR count). The Balaban J connectivity index is 1.21. The third-order valence-corrected chi connectivity index (χ3v) is 6.30. The zero-order valence-electron chi connectivity index (χ0n) is 25.0. The minimum Gasteiger partial charge on any atom is -0.494 e. The Labute approximate surface area is 261 Å². The predicted octanol–water partition coefficient (Wildman–Crippen LogP) is 7.49. The minimum atomic E-state index is -0.559. The lowest BCUT2D eigenvalue weighted by atomic mass is 10.2. The van der Waals surface area contributed by atoms with E-state index in [1.807, 2.05) is 43.3 Å². The van der Waals surface area contributed by atoms with Gasteiger partial charge in [-0.05, 0) is 110 Å². The number of anilines is 1. The van der Waals surface area contributed by atoms with Crippen LogP contribution in [0.5, 0.6) is 17.2 Å². The second-order valence-electron chi connectivity index (χ2n) is 9.86. The van der Waals surface area contributed by atoms with Gasteiger partial charge in [0.2, 0.25) is 0 Å². The molecule has 10 nitrogen and oxygen atoms in total. The minimum absolute atomic E-state index is 0.278. The molecule has 0 aliphatic carbocycles. The van der Waals surface area contributed by atoms with Crippen molar-refractivity contribution < 1.29 is 33.3 Å². The summed E-state index contributed by atoms with van der Waals surface area (Å²) in [5.74, 6) is -0.327. The Kier molecular flexibility index (Phi) is 11.6. The van der Waals surface area contributed by atoms with Crippen molar-refractivity contribution in [3.8, 4) is 17.2 Å². The highest BCUT2D eigenvalue weighted by Crippen LogP contribution is 2.24. The summed E-state index contributed by atoms with van der Waals surface area (Å²) in [4.78, 5) is 38.2. The first-order valence-corrected chi connectivity index (χ1v) is 14.2. The van der Waals surface area contributed by atoms with Crippen molar-refractivity contribution in [3.63, 3.8) is 0 Å². The highest BCUT2D eigenvalue weighted by atomic mass is 16.5. The molecule has 0 aliphatic rings. The van der Waals surface area contributed by atoms with Gasteiger partial charge in [-0.3, -0.25) is 0 Å². The van der Waals surface area contributed by atoms with Crippen molar-refractivity contribution in [3.05, 3.63) is 121 Å². The number of nitrogens with zero attached hydrogens (tertiary/aromatic N) is 3. The maximum atomic E-state index is 12.6. The summed E-state index contributed by atoms with van der Waals surface area (Å²) in [7, 11) is 3.94. The van der Waals surface area contributed by atoms with Gasteiger partial charge in [-0.25, -0.2) is 14.4 Å². The third kappa shape index (κ3) is 10.2. The Hall–Kier alpha value is -5.77. The fraction of sp³-hybridized carbons (Fsp3) is 0.171. The first-order valence-electron chi connectivity index (χ1n) is 14.2. The SMILES string of the molecule is C=CC(=O)OCCCCOc1ccc(C(=O)Oc2ccc(C(=O)Oc3ccc(N=Nc4ccc(N(C)C)cc4)cc3)cc2)cc1. The van der Waals surface area contributed by atoms with E-state index in [0.29, 0.717) is 54.4 Å². The molecule has 0 aliphatic heterocycles. The number of carbonyl (C=O) groups excluding carboxylic acids is 3. The number of ether oxygens (including phenoxy) is 4. The van der Waals surface area contributed by atoms with Crippen molar-refractivity contribution in [2.45, 2.75) is 12.8 Å². The molecule has 0 amide bonds. The number of carbonyl (C=O) groups is 3. The second-order valence-corrected chi connectivity index (χ2v) is 9.86. The summed E-state index contributed by atoms with van der Waals surface area (Å²) in [6, 6.07) is 27.0. The molecule has 230 valence electrons. The van der Waals surface area contributed by atoms with Crippen LogP contribution in [-0.2, 0) is 9.53 Å². The van der Waals surface area contributed by atoms with Gasteiger partial charge in [-0.15, -0.1) is 0 Å². The maximum absolute atomic E-state index is 12.6. The molecule has 45 heavy (non-hydrogen) atoms. The molecule has 0 radical (unpaired) electrons. The van der Waals surface area contributed by atoms with Crippen LogP contribution in [-0.4, -0.2) is 45.2 Å². The fourth-order valence-corrected chi connectivity index (χ4v) is 3.82. The molecule has 0 atom stereocenters. The lowest BCUT2D eigenvalue weighted by Gasteiger charge is -2.11. The monoisotopic (exact) mass is 607 g/mol. The van der Waals surface area contributed by atoms with E-state index in [4.69, 9.17) is 18.9 Å². The maximum Gasteiger partial charge on any atom is 0.343 e. The van der Waals surface area contributed by atoms with Gasteiger partial charge in [-0.1, -0.05) is 6.58 Å². The molecule has 0 fully saturated rings. The van der Waals surface area contributed by atoms with Crippen LogP contribution in [0.15, 0.2) is 120 Å². The van der Waals surface area contributed by atoms with Gasteiger partial charge in [0.05, 0.1) is 35.7 Å². The average Bonchev–Trinajstić information content (AvgIpc) is 3.06. The number of azo groups is 1. The van der Waals surface area contributed by atoms with Gasteiger partial charge in [0.1, 0.15) is 17.2 Å². The van der Waals surface area contributed by atoms with Crippen LogP contribution in [0.4, 0.5) is 17.1 Å². The number of unbranched alkanes of at least 4 members (excludes halogenated alkanes) is 1. The molecule has 4 aromatic rings. The molecule has 0 unspecified atom stereocenters. The molecule has 0 spiro atoms. The van der Waals surface area contributed by atoms with Crippen LogP contribution in [0.25, 0.3) is 0 Å². The van der Waals surface area contributed by atoms with E-state index in [1.165, 1.54) is 24.3 Å². The van der Waals surface area contributed by atoms with Crippen LogP contribution in [0.1, 0.15) is 33.6 Å². The van der Waals surface area contributed by atoms with E-state index < -0.39 is 17.9 Å². The van der Waals surface area contributed by atoms with Crippen molar-refractivity contribution in [2.24, 2.45) is 10.2 Å². The van der Waals surface area contributed by atoms with Crippen molar-refractivity contribution in [2.75, 3.05) is 32.2 Å². The summed E-state index contributed by atoms with van der Waals surface area (Å²) in [6.45, 7) is 4.08. The van der Waals surface area contributed by atoms with Gasteiger partial charge < -0.3 is 23.8 Å². The van der Waals surface area contributed by atoms with E-state index in [9.17, 15) is 14.4 Å². The summed E-state index contributed by atoms with van der Waals surface area (Å²) in [5.41, 5.74) is 3.04. The largest absolute Gasteiger partial charge is 0.494 e. The number of hydrogen-bond donors (Lipinski definition) is 0. The van der Waals surface area contributed by atoms with E-state index in [1.54, 1.807) is 48.5 Å². The molecule has 0 aromatic heterocycles. The van der Waals surface area contributed by atoms with Crippen molar-refractivity contribution in [1.29, 1.82) is 0 Å². The Morgan fingerprint density at radius 1 is 0.644 bits per heavy atom. The first kappa shape index (κ1) is 32.2. The van der Waals surface area contributed by atoms with Crippen LogP contribution >= 0.6 is 0 Å². The van der Waals surface area contributed by atoms with Gasteiger partial charge in [-0.2, -0.15) is 10.2 Å². The molecule has 0 bridgehead atoms. The van der Waals surface area contributed by atoms with E-state index >= 15 is 0 Å². The quantitative estimate of drug-likeness (QED) is 0.0476. The Bertz CT molecular complexity index is 1610. The normalized spacial score (nSPS) is 10.6. The predicted molar refractivity (Wildman–Crippen MR) is 170 cm³/mol. The van der Waals surface area contributed by atoms with Gasteiger partial charge >= 0.3 is 17.9 Å². The fourth-order valence-electron chi connectivity index (χ4n) is 3.82. The standard InChI is InChI=1S/C35H33N3O7/c1-4-33(39)43-24-6-5-23-42-30-17-7-25(8-18-30)34(40)44-31-19-9-26(10-20-31)35(41)45-32-21-13-28(14-22-32)37-36-27-11-15-29(16-12-27)38(2)3/h4,7-22H,1,5-6,23-24H2,2-3H3. The number of rotatable bonds is 14. The van der Waals surface area contributed by atoms with E-state index in [-0.39, 0.29) is 5.75 Å².